The number of hydrogen-bond donors (Lipinski definition) is 2. The third kappa shape index (κ3) is 3.37. The van der Waals surface area contributed by atoms with Gasteiger partial charge in [0.25, 0.3) is 0 Å². The summed E-state index contributed by atoms with van der Waals surface area (Å²) in [6.07, 6.45) is 2.06. The maximum Gasteiger partial charge on any atom is 0.232 e. The van der Waals surface area contributed by atoms with Crippen LogP contribution >= 0.6 is 0 Å². The molecule has 2 aromatic rings. The van der Waals surface area contributed by atoms with Crippen molar-refractivity contribution in [1.29, 1.82) is 0 Å². The second-order valence-corrected chi connectivity index (χ2v) is 6.21. The van der Waals surface area contributed by atoms with Crippen molar-refractivity contribution in [3.63, 3.8) is 0 Å². The number of nitrogens with one attached hydrogen (secondary N) is 1. The Labute approximate surface area is 118 Å². The smallest absolute Gasteiger partial charge is 0.232 e. The molecule has 3 N–H and O–H groups in total. The van der Waals surface area contributed by atoms with Crippen LogP contribution in [0.1, 0.15) is 6.42 Å². The lowest BCUT2D eigenvalue weighted by Crippen LogP contribution is -2.18. The van der Waals surface area contributed by atoms with Crippen molar-refractivity contribution < 1.29 is 13.2 Å². The van der Waals surface area contributed by atoms with E-state index in [2.05, 4.69) is 9.71 Å². The molecule has 2 rings (SSSR count). The van der Waals surface area contributed by atoms with Gasteiger partial charge >= 0.3 is 0 Å². The SMILES string of the molecule is COCCCS(=O)(=O)Nc1ccc(N)c2ncccc12. The average molecular weight is 295 g/mol. The summed E-state index contributed by atoms with van der Waals surface area (Å²) in [5, 5.41) is 0.683. The highest BCUT2D eigenvalue weighted by atomic mass is 32.2. The Morgan fingerprint density at radius 3 is 2.90 bits per heavy atom. The van der Waals surface area contributed by atoms with E-state index in [1.54, 1.807) is 37.6 Å². The Kier molecular flexibility index (Phi) is 4.41. The van der Waals surface area contributed by atoms with Crippen LogP contribution in [-0.4, -0.2) is 32.9 Å². The first-order chi connectivity index (χ1) is 9.53. The quantitative estimate of drug-likeness (QED) is 0.623. The number of ether oxygens (including phenoxy) is 1. The Balaban J connectivity index is 2.28. The number of benzene rings is 1. The molecule has 7 heteroatoms. The number of methoxy groups -OCH3 is 1. The van der Waals surface area contributed by atoms with Gasteiger partial charge in [0, 0.05) is 25.3 Å². The van der Waals surface area contributed by atoms with Gasteiger partial charge in [-0.2, -0.15) is 0 Å². The van der Waals surface area contributed by atoms with Crippen LogP contribution in [0.15, 0.2) is 30.5 Å². The molecule has 0 saturated carbocycles. The molecule has 20 heavy (non-hydrogen) atoms. The van der Waals surface area contributed by atoms with Gasteiger partial charge in [0.1, 0.15) is 0 Å². The molecule has 0 aliphatic carbocycles. The Morgan fingerprint density at radius 1 is 1.35 bits per heavy atom. The highest BCUT2D eigenvalue weighted by molar-refractivity contribution is 7.92. The number of pyridine rings is 1. The van der Waals surface area contributed by atoms with Crippen LogP contribution in [-0.2, 0) is 14.8 Å². The fraction of sp³-hybridized carbons (Fsp3) is 0.308. The number of aromatic nitrogens is 1. The molecule has 0 aliphatic heterocycles. The van der Waals surface area contributed by atoms with Crippen LogP contribution in [0.3, 0.4) is 0 Å². The van der Waals surface area contributed by atoms with E-state index in [4.69, 9.17) is 10.5 Å². The summed E-state index contributed by atoms with van der Waals surface area (Å²) < 4.78 is 31.4. The largest absolute Gasteiger partial charge is 0.397 e. The van der Waals surface area contributed by atoms with E-state index in [1.807, 2.05) is 0 Å². The molecular formula is C13H17N3O3S. The summed E-state index contributed by atoms with van der Waals surface area (Å²) in [5.41, 5.74) is 7.42. The minimum atomic E-state index is -3.41. The Morgan fingerprint density at radius 2 is 2.15 bits per heavy atom. The molecule has 1 aromatic heterocycles. The molecule has 0 bridgehead atoms. The van der Waals surface area contributed by atoms with E-state index >= 15 is 0 Å². The first-order valence-corrected chi connectivity index (χ1v) is 7.81. The van der Waals surface area contributed by atoms with E-state index in [-0.39, 0.29) is 5.75 Å². The number of nitrogens with zero attached hydrogens (tertiary/aromatic N) is 1. The fourth-order valence-electron chi connectivity index (χ4n) is 1.90. The standard InChI is InChI=1S/C13H17N3O3S/c1-19-8-3-9-20(17,18)16-12-6-5-11(14)13-10(12)4-2-7-15-13/h2,4-7,16H,3,8-9,14H2,1H3. The molecule has 0 atom stereocenters. The van der Waals surface area contributed by atoms with Crippen LogP contribution in [0.2, 0.25) is 0 Å². The van der Waals surface area contributed by atoms with Crippen molar-refractivity contribution in [3.8, 4) is 0 Å². The average Bonchev–Trinajstić information content (AvgIpc) is 2.42. The van der Waals surface area contributed by atoms with Crippen molar-refractivity contribution in [1.82, 2.24) is 4.98 Å². The van der Waals surface area contributed by atoms with E-state index in [0.29, 0.717) is 35.3 Å². The summed E-state index contributed by atoms with van der Waals surface area (Å²) in [6, 6.07) is 6.81. The second-order valence-electron chi connectivity index (χ2n) is 4.37. The van der Waals surface area contributed by atoms with Gasteiger partial charge in [-0.15, -0.1) is 0 Å². The second kappa shape index (κ2) is 6.06. The lowest BCUT2D eigenvalue weighted by Gasteiger charge is -2.11. The summed E-state index contributed by atoms with van der Waals surface area (Å²) in [7, 11) is -1.87. The minimum absolute atomic E-state index is 0.00692. The zero-order valence-electron chi connectivity index (χ0n) is 11.2. The molecule has 0 saturated heterocycles. The maximum absolute atomic E-state index is 12.0. The van der Waals surface area contributed by atoms with E-state index in [0.717, 1.165) is 0 Å². The van der Waals surface area contributed by atoms with Gasteiger partial charge in [0.15, 0.2) is 0 Å². The highest BCUT2D eigenvalue weighted by Gasteiger charge is 2.13. The molecule has 0 spiro atoms. The molecular weight excluding hydrogens is 278 g/mol. The normalized spacial score (nSPS) is 11.7. The maximum atomic E-state index is 12.0. The van der Waals surface area contributed by atoms with Crippen LogP contribution < -0.4 is 10.5 Å². The third-order valence-corrected chi connectivity index (χ3v) is 4.18. The predicted molar refractivity (Wildman–Crippen MR) is 80.1 cm³/mol. The van der Waals surface area contributed by atoms with Crippen LogP contribution in [0.5, 0.6) is 0 Å². The van der Waals surface area contributed by atoms with Gasteiger partial charge in [0.2, 0.25) is 10.0 Å². The van der Waals surface area contributed by atoms with Crippen LogP contribution in [0.4, 0.5) is 11.4 Å². The number of rotatable bonds is 6. The third-order valence-electron chi connectivity index (χ3n) is 2.83. The monoisotopic (exact) mass is 295 g/mol. The zero-order valence-corrected chi connectivity index (χ0v) is 12.0. The number of nitrogens with two attached hydrogens (primary N) is 1. The van der Waals surface area contributed by atoms with Gasteiger partial charge in [-0.3, -0.25) is 9.71 Å². The Bertz CT molecular complexity index is 701. The zero-order chi connectivity index (χ0) is 14.6. The van der Waals surface area contributed by atoms with Crippen molar-refractivity contribution in [2.45, 2.75) is 6.42 Å². The number of sulfonamides is 1. The molecule has 1 heterocycles. The van der Waals surface area contributed by atoms with Crippen molar-refractivity contribution >= 4 is 32.3 Å². The van der Waals surface area contributed by atoms with E-state index in [1.165, 1.54) is 0 Å². The number of hydrogen-bond acceptors (Lipinski definition) is 5. The van der Waals surface area contributed by atoms with Gasteiger partial charge in [0.05, 0.1) is 22.6 Å². The van der Waals surface area contributed by atoms with Crippen molar-refractivity contribution in [3.05, 3.63) is 30.5 Å². The van der Waals surface area contributed by atoms with Gasteiger partial charge in [-0.25, -0.2) is 8.42 Å². The topological polar surface area (TPSA) is 94.3 Å². The Hall–Kier alpha value is -1.86. The number of fused-ring (bicyclic) bond motifs is 1. The molecule has 0 radical (unpaired) electrons. The number of nitrogen functional groups attached to an aromatic ring is 1. The minimum Gasteiger partial charge on any atom is -0.397 e. The van der Waals surface area contributed by atoms with E-state index < -0.39 is 10.0 Å². The molecule has 6 nitrogen and oxygen atoms in total. The molecule has 0 fully saturated rings. The molecule has 0 aliphatic rings. The van der Waals surface area contributed by atoms with Crippen LogP contribution in [0.25, 0.3) is 10.9 Å². The van der Waals surface area contributed by atoms with Crippen molar-refractivity contribution in [2.75, 3.05) is 29.9 Å². The fourth-order valence-corrected chi connectivity index (χ4v) is 3.01. The molecule has 0 unspecified atom stereocenters. The predicted octanol–water partition coefficient (Wildman–Crippen LogP) is 1.60. The summed E-state index contributed by atoms with van der Waals surface area (Å²) >= 11 is 0. The van der Waals surface area contributed by atoms with Gasteiger partial charge < -0.3 is 10.5 Å². The first kappa shape index (κ1) is 14.5. The molecule has 108 valence electrons. The first-order valence-electron chi connectivity index (χ1n) is 6.16. The summed E-state index contributed by atoms with van der Waals surface area (Å²) in [5.74, 6) is 0.00692. The van der Waals surface area contributed by atoms with Crippen molar-refractivity contribution in [2.24, 2.45) is 0 Å². The molecule has 0 amide bonds. The van der Waals surface area contributed by atoms with Gasteiger partial charge in [-0.1, -0.05) is 0 Å². The highest BCUT2D eigenvalue weighted by Crippen LogP contribution is 2.27. The number of anilines is 2. The summed E-state index contributed by atoms with van der Waals surface area (Å²) in [6.45, 7) is 0.408. The van der Waals surface area contributed by atoms with Gasteiger partial charge in [-0.05, 0) is 30.7 Å². The molecule has 1 aromatic carbocycles. The van der Waals surface area contributed by atoms with Crippen LogP contribution in [0, 0.1) is 0 Å². The lowest BCUT2D eigenvalue weighted by molar-refractivity contribution is 0.199. The van der Waals surface area contributed by atoms with E-state index in [9.17, 15) is 8.42 Å². The summed E-state index contributed by atoms with van der Waals surface area (Å²) in [4.78, 5) is 4.17. The lowest BCUT2D eigenvalue weighted by atomic mass is 10.1.